The van der Waals surface area contributed by atoms with Gasteiger partial charge in [-0.15, -0.1) is 16.8 Å². The molecule has 242 valence electrons. The average Bonchev–Trinajstić information content (AvgIpc) is 3.77. The maximum Gasteiger partial charge on any atom is 0.164 e. The number of benzene rings is 7. The number of nitrogens with zero attached hydrogens (tertiary/aromatic N) is 4. The Bertz CT molecular complexity index is 3030. The SMILES string of the molecule is [B]c1c([B])c(-c2ccc(-n3c4ccccc4c4c5sc6ccccc6c5ccc43)cc2)c([B])c(-c2nc(-c3ccccc3)nc(-c3ccccc3)n2)c1[B]. The molecule has 0 saturated carbocycles. The Balaban J connectivity index is 1.14. The second-order valence-electron chi connectivity index (χ2n) is 13.3. The van der Waals surface area contributed by atoms with E-state index in [-0.39, 0.29) is 10.9 Å². The van der Waals surface area contributed by atoms with Crippen LogP contribution in [0.1, 0.15) is 0 Å². The highest BCUT2D eigenvalue weighted by molar-refractivity contribution is 7.26. The monoisotopic (exact) mass is 696 g/mol. The summed E-state index contributed by atoms with van der Waals surface area (Å²) in [5.74, 6) is 1.28. The van der Waals surface area contributed by atoms with E-state index in [9.17, 15) is 0 Å². The van der Waals surface area contributed by atoms with Crippen molar-refractivity contribution in [3.8, 4) is 51.0 Å². The molecule has 3 heterocycles. The summed E-state index contributed by atoms with van der Waals surface area (Å²) in [6, 6.07) is 49.3. The first-order valence-corrected chi connectivity index (χ1v) is 18.4. The largest absolute Gasteiger partial charge is 0.309 e. The smallest absolute Gasteiger partial charge is 0.164 e. The molecule has 9 heteroatoms. The summed E-state index contributed by atoms with van der Waals surface area (Å²) in [4.78, 5) is 14.6. The van der Waals surface area contributed by atoms with E-state index < -0.39 is 0 Å². The summed E-state index contributed by atoms with van der Waals surface area (Å²) in [7, 11) is 27.1. The minimum absolute atomic E-state index is 0.215. The van der Waals surface area contributed by atoms with Crippen LogP contribution in [0.5, 0.6) is 0 Å². The van der Waals surface area contributed by atoms with Crippen LogP contribution >= 0.6 is 11.3 Å². The maximum absolute atomic E-state index is 7.04. The van der Waals surface area contributed by atoms with Crippen LogP contribution < -0.4 is 21.9 Å². The van der Waals surface area contributed by atoms with Gasteiger partial charge >= 0.3 is 0 Å². The molecule has 0 unspecified atom stereocenters. The first kappa shape index (κ1) is 32.5. The molecule has 10 aromatic rings. The van der Waals surface area contributed by atoms with E-state index in [0.717, 1.165) is 33.4 Å². The van der Waals surface area contributed by atoms with Crippen LogP contribution in [0, 0.1) is 0 Å². The van der Waals surface area contributed by atoms with Crippen molar-refractivity contribution in [3.05, 3.63) is 146 Å². The molecule has 8 radical (unpaired) electrons. The molecule has 7 aromatic carbocycles. The molecule has 0 fully saturated rings. The maximum atomic E-state index is 7.04. The standard InChI is InChI=1S/C45H24B4N4S/c46-38-35(39(47)41(49)40(48)37(38)45-51-43(26-11-3-1-4-12-26)50-44(52-45)27-13-5-2-6-14-27)25-19-21-28(22-20-25)53-32-17-9-7-16-31(32)36-33(53)24-23-30-29-15-8-10-18-34(29)54-42(30)36/h1-24H. The summed E-state index contributed by atoms with van der Waals surface area (Å²) in [6.45, 7) is 0. The molecule has 0 N–H and O–H groups in total. The van der Waals surface area contributed by atoms with E-state index in [0.29, 0.717) is 39.5 Å². The third kappa shape index (κ3) is 5.07. The lowest BCUT2D eigenvalue weighted by Crippen LogP contribution is -2.46. The zero-order chi connectivity index (χ0) is 36.5. The lowest BCUT2D eigenvalue weighted by atomic mass is 9.63. The fraction of sp³-hybridized carbons (Fsp3) is 0. The molecule has 0 bridgehead atoms. The van der Waals surface area contributed by atoms with Crippen molar-refractivity contribution in [1.82, 2.24) is 19.5 Å². The first-order chi connectivity index (χ1) is 26.5. The molecule has 0 aliphatic rings. The van der Waals surface area contributed by atoms with E-state index in [1.165, 1.54) is 30.9 Å². The highest BCUT2D eigenvalue weighted by Gasteiger charge is 2.21. The molecule has 0 atom stereocenters. The van der Waals surface area contributed by atoms with Gasteiger partial charge in [0.25, 0.3) is 0 Å². The van der Waals surface area contributed by atoms with Crippen LogP contribution in [0.25, 0.3) is 93.0 Å². The minimum atomic E-state index is 0.215. The van der Waals surface area contributed by atoms with Crippen molar-refractivity contribution in [2.45, 2.75) is 0 Å². The second kappa shape index (κ2) is 12.8. The van der Waals surface area contributed by atoms with E-state index in [1.807, 2.05) is 84.1 Å². The molecule has 3 aromatic heterocycles. The fourth-order valence-corrected chi connectivity index (χ4v) is 8.85. The molecule has 0 aliphatic carbocycles. The normalized spacial score (nSPS) is 11.6. The second-order valence-corrected chi connectivity index (χ2v) is 14.3. The Morgan fingerprint density at radius 3 is 1.67 bits per heavy atom. The van der Waals surface area contributed by atoms with Crippen molar-refractivity contribution in [2.75, 3.05) is 0 Å². The van der Waals surface area contributed by atoms with Gasteiger partial charge in [0, 0.05) is 53.3 Å². The van der Waals surface area contributed by atoms with Gasteiger partial charge in [-0.3, -0.25) is 0 Å². The average molecular weight is 696 g/mol. The van der Waals surface area contributed by atoms with E-state index in [1.54, 1.807) is 0 Å². The van der Waals surface area contributed by atoms with Crippen molar-refractivity contribution >= 4 is 107 Å². The summed E-state index contributed by atoms with van der Waals surface area (Å²) in [5.41, 5.74) is 7.75. The number of aromatic nitrogens is 4. The number of para-hydroxylation sites is 1. The van der Waals surface area contributed by atoms with Crippen LogP contribution in [0.2, 0.25) is 0 Å². The van der Waals surface area contributed by atoms with Crippen LogP contribution in [-0.2, 0) is 0 Å². The lowest BCUT2D eigenvalue weighted by molar-refractivity contribution is 1.08. The van der Waals surface area contributed by atoms with Crippen LogP contribution in [0.3, 0.4) is 0 Å². The quantitative estimate of drug-likeness (QED) is 0.179. The number of thiophene rings is 1. The highest BCUT2D eigenvalue weighted by Crippen LogP contribution is 2.43. The van der Waals surface area contributed by atoms with Gasteiger partial charge in [-0.05, 0) is 41.5 Å². The molecular weight excluding hydrogens is 672 g/mol. The summed E-state index contributed by atoms with van der Waals surface area (Å²) < 4.78 is 4.88. The number of fused-ring (bicyclic) bond motifs is 7. The Hall–Kier alpha value is -6.17. The van der Waals surface area contributed by atoms with Crippen LogP contribution in [-0.4, -0.2) is 50.9 Å². The summed E-state index contributed by atoms with van der Waals surface area (Å²) >= 11 is 1.84. The van der Waals surface area contributed by atoms with Crippen LogP contribution in [0.15, 0.2) is 146 Å². The van der Waals surface area contributed by atoms with Gasteiger partial charge in [-0.1, -0.05) is 132 Å². The summed E-state index contributed by atoms with van der Waals surface area (Å²) in [5, 5.41) is 5.01. The molecule has 0 spiro atoms. The third-order valence-electron chi connectivity index (χ3n) is 10.2. The number of hydrogen-bond acceptors (Lipinski definition) is 4. The Labute approximate surface area is 321 Å². The molecule has 0 saturated heterocycles. The Morgan fingerprint density at radius 1 is 0.407 bits per heavy atom. The van der Waals surface area contributed by atoms with E-state index >= 15 is 0 Å². The predicted octanol–water partition coefficient (Wildman–Crippen LogP) is 7.18. The van der Waals surface area contributed by atoms with Crippen molar-refractivity contribution in [2.24, 2.45) is 0 Å². The Morgan fingerprint density at radius 2 is 0.981 bits per heavy atom. The lowest BCUT2D eigenvalue weighted by Gasteiger charge is -2.23. The zero-order valence-electron chi connectivity index (χ0n) is 28.9. The molecule has 10 rings (SSSR count). The molecule has 0 aliphatic heterocycles. The molecular formula is C45H24B4N4S. The van der Waals surface area contributed by atoms with Gasteiger partial charge in [0.1, 0.15) is 31.4 Å². The predicted molar refractivity (Wildman–Crippen MR) is 230 cm³/mol. The molecule has 54 heavy (non-hydrogen) atoms. The minimum Gasteiger partial charge on any atom is -0.309 e. The molecule has 4 nitrogen and oxygen atoms in total. The topological polar surface area (TPSA) is 43.6 Å². The van der Waals surface area contributed by atoms with Gasteiger partial charge in [-0.2, -0.15) is 0 Å². The van der Waals surface area contributed by atoms with Gasteiger partial charge in [-0.25, -0.2) is 15.0 Å². The first-order valence-electron chi connectivity index (χ1n) is 17.5. The van der Waals surface area contributed by atoms with Gasteiger partial charge < -0.3 is 4.57 Å². The third-order valence-corrected chi connectivity index (χ3v) is 11.4. The van der Waals surface area contributed by atoms with Gasteiger partial charge in [0.05, 0.1) is 11.0 Å². The van der Waals surface area contributed by atoms with E-state index in [4.69, 9.17) is 46.3 Å². The van der Waals surface area contributed by atoms with Crippen molar-refractivity contribution in [1.29, 1.82) is 0 Å². The zero-order valence-corrected chi connectivity index (χ0v) is 29.7. The van der Waals surface area contributed by atoms with Crippen LogP contribution in [0.4, 0.5) is 0 Å². The van der Waals surface area contributed by atoms with Crippen molar-refractivity contribution < 1.29 is 0 Å². The highest BCUT2D eigenvalue weighted by atomic mass is 32.1. The van der Waals surface area contributed by atoms with E-state index in [2.05, 4.69) is 77.4 Å². The van der Waals surface area contributed by atoms with Gasteiger partial charge in [0.2, 0.25) is 0 Å². The number of rotatable bonds is 5. The van der Waals surface area contributed by atoms with Crippen molar-refractivity contribution in [3.63, 3.8) is 0 Å². The molecule has 0 amide bonds. The number of hydrogen-bond donors (Lipinski definition) is 0. The fourth-order valence-electron chi connectivity index (χ4n) is 7.59. The summed E-state index contributed by atoms with van der Waals surface area (Å²) in [6.07, 6.45) is 0. The Kier molecular flexibility index (Phi) is 7.67. The van der Waals surface area contributed by atoms with Gasteiger partial charge in [0.15, 0.2) is 17.5 Å².